The molecule has 2 rings (SSSR count). The lowest BCUT2D eigenvalue weighted by Crippen LogP contribution is -2.38. The monoisotopic (exact) mass is 270 g/mol. The zero-order chi connectivity index (χ0) is 12.3. The maximum atomic E-state index is 4.68. The minimum atomic E-state index is 0.625. The number of likely N-dealkylation sites (N-methyl/N-ethyl adjacent to an activating group) is 1. The highest BCUT2D eigenvalue weighted by Crippen LogP contribution is 2.29. The van der Waals surface area contributed by atoms with Gasteiger partial charge in [-0.3, -0.25) is 0 Å². The van der Waals surface area contributed by atoms with Crippen LogP contribution in [-0.2, 0) is 6.42 Å². The van der Waals surface area contributed by atoms with Gasteiger partial charge >= 0.3 is 0 Å². The Balaban J connectivity index is 2.01. The summed E-state index contributed by atoms with van der Waals surface area (Å²) in [5.74, 6) is 3.49. The van der Waals surface area contributed by atoms with Crippen LogP contribution in [-0.4, -0.2) is 29.1 Å². The number of hydrogen-bond acceptors (Lipinski definition) is 4. The summed E-state index contributed by atoms with van der Waals surface area (Å²) in [7, 11) is 0. The summed E-state index contributed by atoms with van der Waals surface area (Å²) in [6.45, 7) is 7.55. The summed E-state index contributed by atoms with van der Waals surface area (Å²) in [5.41, 5.74) is 1.21. The lowest BCUT2D eigenvalue weighted by Gasteiger charge is -2.22. The SMILES string of the molecule is CCNC(Cc1nc(C)c(C)s1)C1CCSC1. The van der Waals surface area contributed by atoms with E-state index in [0.717, 1.165) is 18.9 Å². The van der Waals surface area contributed by atoms with E-state index in [2.05, 4.69) is 42.8 Å². The van der Waals surface area contributed by atoms with Crippen molar-refractivity contribution in [1.29, 1.82) is 0 Å². The van der Waals surface area contributed by atoms with Crippen LogP contribution in [0, 0.1) is 19.8 Å². The van der Waals surface area contributed by atoms with Crippen molar-refractivity contribution >= 4 is 23.1 Å². The molecule has 1 aliphatic rings. The van der Waals surface area contributed by atoms with Crippen LogP contribution in [0.15, 0.2) is 0 Å². The van der Waals surface area contributed by atoms with E-state index in [9.17, 15) is 0 Å². The molecule has 1 N–H and O–H groups in total. The normalized spacial score (nSPS) is 21.9. The number of rotatable bonds is 5. The third kappa shape index (κ3) is 3.46. The largest absolute Gasteiger partial charge is 0.314 e. The number of nitrogens with zero attached hydrogens (tertiary/aromatic N) is 1. The fourth-order valence-corrected chi connectivity index (χ4v) is 4.68. The predicted molar refractivity (Wildman–Crippen MR) is 78.2 cm³/mol. The van der Waals surface area contributed by atoms with Crippen molar-refractivity contribution in [3.63, 3.8) is 0 Å². The molecule has 2 heterocycles. The van der Waals surface area contributed by atoms with E-state index < -0.39 is 0 Å². The molecule has 0 aromatic carbocycles. The van der Waals surface area contributed by atoms with Crippen LogP contribution in [0.2, 0.25) is 0 Å². The molecule has 17 heavy (non-hydrogen) atoms. The molecular formula is C13H22N2S2. The van der Waals surface area contributed by atoms with Gasteiger partial charge < -0.3 is 5.32 Å². The summed E-state index contributed by atoms with van der Waals surface area (Å²) in [5, 5.41) is 4.96. The number of nitrogens with one attached hydrogen (secondary N) is 1. The number of thiazole rings is 1. The summed E-state index contributed by atoms with van der Waals surface area (Å²) in [6.07, 6.45) is 2.48. The standard InChI is InChI=1S/C13H22N2S2/c1-4-14-12(11-5-6-16-8-11)7-13-15-9(2)10(3)17-13/h11-12,14H,4-8H2,1-3H3. The van der Waals surface area contributed by atoms with Gasteiger partial charge in [0.25, 0.3) is 0 Å². The highest BCUT2D eigenvalue weighted by molar-refractivity contribution is 7.99. The summed E-state index contributed by atoms with van der Waals surface area (Å²) in [6, 6.07) is 0.625. The van der Waals surface area contributed by atoms with Gasteiger partial charge in [0, 0.05) is 17.3 Å². The van der Waals surface area contributed by atoms with Crippen molar-refractivity contribution < 1.29 is 0 Å². The van der Waals surface area contributed by atoms with Crippen LogP contribution in [0.1, 0.15) is 28.9 Å². The Labute approximate surface area is 113 Å². The number of aromatic nitrogens is 1. The quantitative estimate of drug-likeness (QED) is 0.890. The van der Waals surface area contributed by atoms with Crippen LogP contribution in [0.4, 0.5) is 0 Å². The van der Waals surface area contributed by atoms with Crippen LogP contribution in [0.25, 0.3) is 0 Å². The van der Waals surface area contributed by atoms with Crippen molar-refractivity contribution in [2.45, 2.75) is 39.7 Å². The predicted octanol–water partition coefficient (Wildman–Crippen LogP) is 3.03. The fraction of sp³-hybridized carbons (Fsp3) is 0.769. The molecule has 1 aromatic rings. The van der Waals surface area contributed by atoms with E-state index in [1.165, 1.54) is 33.5 Å². The summed E-state index contributed by atoms with van der Waals surface area (Å²) >= 11 is 3.97. The molecule has 0 aliphatic carbocycles. The molecule has 96 valence electrons. The molecule has 2 atom stereocenters. The smallest absolute Gasteiger partial charge is 0.0946 e. The Morgan fingerprint density at radius 3 is 2.82 bits per heavy atom. The Hall–Kier alpha value is -0.0600. The van der Waals surface area contributed by atoms with Gasteiger partial charge in [0.05, 0.1) is 10.7 Å². The second kappa shape index (κ2) is 6.21. The van der Waals surface area contributed by atoms with Crippen molar-refractivity contribution in [2.24, 2.45) is 5.92 Å². The molecule has 1 aliphatic heterocycles. The first-order chi connectivity index (χ1) is 8.20. The van der Waals surface area contributed by atoms with E-state index in [1.807, 2.05) is 11.3 Å². The van der Waals surface area contributed by atoms with Crippen LogP contribution in [0.3, 0.4) is 0 Å². The first-order valence-electron chi connectivity index (χ1n) is 6.44. The molecule has 0 saturated carbocycles. The third-order valence-corrected chi connectivity index (χ3v) is 5.75. The molecule has 0 spiro atoms. The molecule has 1 saturated heterocycles. The minimum absolute atomic E-state index is 0.625. The van der Waals surface area contributed by atoms with Gasteiger partial charge in [0.1, 0.15) is 0 Å². The van der Waals surface area contributed by atoms with E-state index in [0.29, 0.717) is 6.04 Å². The second-order valence-electron chi connectivity index (χ2n) is 4.74. The van der Waals surface area contributed by atoms with E-state index >= 15 is 0 Å². The first kappa shape index (κ1) is 13.4. The highest BCUT2D eigenvalue weighted by Gasteiger charge is 2.25. The van der Waals surface area contributed by atoms with Gasteiger partial charge in [-0.05, 0) is 44.2 Å². The molecule has 1 fully saturated rings. The maximum Gasteiger partial charge on any atom is 0.0946 e. The zero-order valence-electron chi connectivity index (χ0n) is 11.0. The van der Waals surface area contributed by atoms with Crippen molar-refractivity contribution in [1.82, 2.24) is 10.3 Å². The molecule has 0 radical (unpaired) electrons. The van der Waals surface area contributed by atoms with E-state index in [1.54, 1.807) is 0 Å². The molecule has 4 heteroatoms. The molecule has 0 amide bonds. The Morgan fingerprint density at radius 2 is 2.29 bits per heavy atom. The molecule has 0 bridgehead atoms. The topological polar surface area (TPSA) is 24.9 Å². The molecule has 2 nitrogen and oxygen atoms in total. The van der Waals surface area contributed by atoms with Gasteiger partial charge in [-0.15, -0.1) is 11.3 Å². The molecule has 2 unspecified atom stereocenters. The van der Waals surface area contributed by atoms with Gasteiger partial charge in [-0.2, -0.15) is 11.8 Å². The minimum Gasteiger partial charge on any atom is -0.314 e. The lowest BCUT2D eigenvalue weighted by molar-refractivity contribution is 0.386. The van der Waals surface area contributed by atoms with Crippen LogP contribution >= 0.6 is 23.1 Å². The maximum absolute atomic E-state index is 4.68. The van der Waals surface area contributed by atoms with Gasteiger partial charge in [0.15, 0.2) is 0 Å². The Kier molecular flexibility index (Phi) is 4.88. The second-order valence-corrected chi connectivity index (χ2v) is 7.18. The average molecular weight is 270 g/mol. The van der Waals surface area contributed by atoms with Crippen LogP contribution < -0.4 is 5.32 Å². The average Bonchev–Trinajstić information content (AvgIpc) is 2.89. The van der Waals surface area contributed by atoms with Crippen molar-refractivity contribution in [3.8, 4) is 0 Å². The number of thioether (sulfide) groups is 1. The van der Waals surface area contributed by atoms with Gasteiger partial charge in [0.2, 0.25) is 0 Å². The highest BCUT2D eigenvalue weighted by atomic mass is 32.2. The Bertz CT molecular complexity index is 337. The summed E-state index contributed by atoms with van der Waals surface area (Å²) < 4.78 is 0. The van der Waals surface area contributed by atoms with Crippen molar-refractivity contribution in [3.05, 3.63) is 15.6 Å². The Morgan fingerprint density at radius 1 is 1.47 bits per heavy atom. The zero-order valence-corrected chi connectivity index (χ0v) is 12.6. The summed E-state index contributed by atoms with van der Waals surface area (Å²) in [4.78, 5) is 6.05. The fourth-order valence-electron chi connectivity index (χ4n) is 2.35. The van der Waals surface area contributed by atoms with E-state index in [-0.39, 0.29) is 0 Å². The number of hydrogen-bond donors (Lipinski definition) is 1. The van der Waals surface area contributed by atoms with Gasteiger partial charge in [-0.1, -0.05) is 6.92 Å². The molecule has 1 aromatic heterocycles. The third-order valence-electron chi connectivity index (χ3n) is 3.47. The number of aryl methyl sites for hydroxylation is 2. The van der Waals surface area contributed by atoms with Crippen LogP contribution in [0.5, 0.6) is 0 Å². The van der Waals surface area contributed by atoms with Gasteiger partial charge in [-0.25, -0.2) is 4.98 Å². The molecular weight excluding hydrogens is 248 g/mol. The van der Waals surface area contributed by atoms with Crippen molar-refractivity contribution in [2.75, 3.05) is 18.1 Å². The lowest BCUT2D eigenvalue weighted by atomic mass is 9.96. The first-order valence-corrected chi connectivity index (χ1v) is 8.41. The van der Waals surface area contributed by atoms with E-state index in [4.69, 9.17) is 0 Å².